The number of benzene rings is 1. The SMILES string of the molecule is C#C.CC.COC(C)(C)C.O=CN1CC2CC(NCc3cccc(Cl)c3)CC2C1. The normalized spacial score (nSPS) is 22.1. The maximum Gasteiger partial charge on any atom is 0.209 e. The second kappa shape index (κ2) is 14.4. The number of carbonyl (C=O) groups is 1. The van der Waals surface area contributed by atoms with Gasteiger partial charge in [0.05, 0.1) is 5.60 Å². The van der Waals surface area contributed by atoms with Gasteiger partial charge in [-0.05, 0) is 63.1 Å². The summed E-state index contributed by atoms with van der Waals surface area (Å²) in [5, 5.41) is 4.42. The zero-order chi connectivity index (χ0) is 22.4. The number of amides is 1. The van der Waals surface area contributed by atoms with Crippen molar-refractivity contribution in [2.75, 3.05) is 20.2 Å². The zero-order valence-electron chi connectivity index (χ0n) is 19.0. The van der Waals surface area contributed by atoms with Gasteiger partial charge in [0.2, 0.25) is 6.41 Å². The van der Waals surface area contributed by atoms with Crippen LogP contribution in [-0.2, 0) is 16.1 Å². The second-order valence-corrected chi connectivity index (χ2v) is 8.51. The largest absolute Gasteiger partial charge is 0.379 e. The van der Waals surface area contributed by atoms with Crippen molar-refractivity contribution in [1.29, 1.82) is 0 Å². The first-order valence-electron chi connectivity index (χ1n) is 10.4. The molecule has 1 saturated carbocycles. The van der Waals surface area contributed by atoms with Crippen molar-refractivity contribution >= 4 is 18.0 Å². The summed E-state index contributed by atoms with van der Waals surface area (Å²) in [5.74, 6) is 1.39. The van der Waals surface area contributed by atoms with Gasteiger partial charge in [0.15, 0.2) is 0 Å². The molecule has 164 valence electrons. The highest BCUT2D eigenvalue weighted by Gasteiger charge is 2.40. The van der Waals surface area contributed by atoms with Gasteiger partial charge >= 0.3 is 0 Å². The van der Waals surface area contributed by atoms with Crippen molar-refractivity contribution in [2.45, 2.75) is 65.6 Å². The lowest BCUT2D eigenvalue weighted by Gasteiger charge is -2.16. The number of hydrogen-bond donors (Lipinski definition) is 1. The van der Waals surface area contributed by atoms with Crippen LogP contribution in [0, 0.1) is 24.7 Å². The summed E-state index contributed by atoms with van der Waals surface area (Å²) in [4.78, 5) is 12.7. The highest BCUT2D eigenvalue weighted by atomic mass is 35.5. The molecule has 2 unspecified atom stereocenters. The number of nitrogens with zero attached hydrogens (tertiary/aromatic N) is 1. The summed E-state index contributed by atoms with van der Waals surface area (Å²) in [5.41, 5.74) is 1.28. The molecule has 4 nitrogen and oxygen atoms in total. The van der Waals surface area contributed by atoms with Crippen molar-refractivity contribution in [3.63, 3.8) is 0 Å². The highest BCUT2D eigenvalue weighted by Crippen LogP contribution is 2.37. The Bertz CT molecular complexity index is 584. The molecule has 1 amide bonds. The van der Waals surface area contributed by atoms with Crippen molar-refractivity contribution in [3.8, 4) is 12.8 Å². The molecule has 5 heteroatoms. The summed E-state index contributed by atoms with van der Waals surface area (Å²) in [6.07, 6.45) is 11.4. The lowest BCUT2D eigenvalue weighted by Crippen LogP contribution is -2.29. The Kier molecular flexibility index (Phi) is 13.7. The van der Waals surface area contributed by atoms with Crippen molar-refractivity contribution in [2.24, 2.45) is 11.8 Å². The molecule has 3 rings (SSSR count). The fourth-order valence-corrected chi connectivity index (χ4v) is 3.71. The minimum Gasteiger partial charge on any atom is -0.379 e. The lowest BCUT2D eigenvalue weighted by molar-refractivity contribution is -0.117. The molecule has 1 saturated heterocycles. The Balaban J connectivity index is 0.000000670. The first kappa shape index (κ1) is 27.5. The minimum atomic E-state index is 0.0417. The Morgan fingerprint density at radius 1 is 1.21 bits per heavy atom. The quantitative estimate of drug-likeness (QED) is 0.548. The van der Waals surface area contributed by atoms with Crippen LogP contribution in [-0.4, -0.2) is 43.2 Å². The molecule has 2 aliphatic rings. The lowest BCUT2D eigenvalue weighted by atomic mass is 10.0. The Morgan fingerprint density at radius 3 is 2.14 bits per heavy atom. The molecular formula is C24H39ClN2O2. The molecule has 1 heterocycles. The van der Waals surface area contributed by atoms with E-state index in [0.717, 1.165) is 31.1 Å². The van der Waals surface area contributed by atoms with Crippen LogP contribution in [0.25, 0.3) is 0 Å². The third-order valence-corrected chi connectivity index (χ3v) is 5.26. The van der Waals surface area contributed by atoms with E-state index in [1.807, 2.05) is 57.7 Å². The van der Waals surface area contributed by atoms with E-state index in [1.165, 1.54) is 18.4 Å². The molecular weight excluding hydrogens is 384 g/mol. The Hall–Kier alpha value is -1.54. The van der Waals surface area contributed by atoms with E-state index in [4.69, 9.17) is 16.3 Å². The molecule has 1 aliphatic carbocycles. The number of likely N-dealkylation sites (tertiary alicyclic amines) is 1. The number of methoxy groups -OCH3 is 1. The average Bonchev–Trinajstić information content (AvgIpc) is 3.28. The van der Waals surface area contributed by atoms with Gasteiger partial charge in [0.1, 0.15) is 0 Å². The molecule has 0 bridgehead atoms. The molecule has 1 aromatic carbocycles. The standard InChI is InChI=1S/C15H19ClN2O.C5H12O.C2H6.C2H2/c16-14-3-1-2-11(4-14)7-17-15-5-12-8-18(10-19)9-13(12)6-15;1-5(2,3)6-4;2*1-2/h1-4,10,12-13,15,17H,5-9H2;1-4H3;1-2H3;1-2H. The van der Waals surface area contributed by atoms with Gasteiger partial charge in [0.25, 0.3) is 0 Å². The van der Waals surface area contributed by atoms with E-state index < -0.39 is 0 Å². The number of ether oxygens (including phenoxy) is 1. The third-order valence-electron chi connectivity index (χ3n) is 5.02. The van der Waals surface area contributed by atoms with Gasteiger partial charge in [-0.2, -0.15) is 0 Å². The smallest absolute Gasteiger partial charge is 0.209 e. The summed E-state index contributed by atoms with van der Waals surface area (Å²) >= 11 is 5.98. The van der Waals surface area contributed by atoms with Crippen LogP contribution in [0.4, 0.5) is 0 Å². The predicted molar refractivity (Wildman–Crippen MR) is 124 cm³/mol. The van der Waals surface area contributed by atoms with Crippen LogP contribution in [0.5, 0.6) is 0 Å². The molecule has 0 radical (unpaired) electrons. The summed E-state index contributed by atoms with van der Waals surface area (Å²) in [7, 11) is 1.71. The van der Waals surface area contributed by atoms with Gasteiger partial charge in [0, 0.05) is 37.8 Å². The first-order valence-corrected chi connectivity index (χ1v) is 10.7. The third kappa shape index (κ3) is 10.7. The number of halogens is 1. The summed E-state index contributed by atoms with van der Waals surface area (Å²) in [6, 6.07) is 8.59. The molecule has 0 spiro atoms. The van der Waals surface area contributed by atoms with E-state index in [9.17, 15) is 4.79 Å². The number of nitrogens with one attached hydrogen (secondary N) is 1. The molecule has 29 heavy (non-hydrogen) atoms. The molecule has 1 aliphatic heterocycles. The summed E-state index contributed by atoms with van der Waals surface area (Å²) < 4.78 is 4.94. The van der Waals surface area contributed by atoms with Crippen LogP contribution >= 0.6 is 11.6 Å². The number of hydrogen-bond acceptors (Lipinski definition) is 3. The van der Waals surface area contributed by atoms with E-state index in [0.29, 0.717) is 17.9 Å². The van der Waals surface area contributed by atoms with Crippen molar-refractivity contribution in [3.05, 3.63) is 34.9 Å². The maximum atomic E-state index is 10.8. The molecule has 1 aromatic rings. The summed E-state index contributed by atoms with van der Waals surface area (Å²) in [6.45, 7) is 12.8. The molecule has 1 N–H and O–H groups in total. The van der Waals surface area contributed by atoms with Crippen LogP contribution in [0.2, 0.25) is 5.02 Å². The van der Waals surface area contributed by atoms with Gasteiger partial charge in [-0.3, -0.25) is 4.79 Å². The Morgan fingerprint density at radius 2 is 1.72 bits per heavy atom. The van der Waals surface area contributed by atoms with E-state index >= 15 is 0 Å². The monoisotopic (exact) mass is 422 g/mol. The zero-order valence-corrected chi connectivity index (χ0v) is 19.7. The minimum absolute atomic E-state index is 0.0417. The average molecular weight is 423 g/mol. The topological polar surface area (TPSA) is 41.6 Å². The van der Waals surface area contributed by atoms with Gasteiger partial charge in [-0.15, -0.1) is 12.8 Å². The second-order valence-electron chi connectivity index (χ2n) is 8.08. The van der Waals surface area contributed by atoms with Crippen molar-refractivity contribution < 1.29 is 9.53 Å². The van der Waals surface area contributed by atoms with Crippen LogP contribution in [0.15, 0.2) is 24.3 Å². The fourth-order valence-electron chi connectivity index (χ4n) is 3.50. The van der Waals surface area contributed by atoms with Gasteiger partial charge in [-0.25, -0.2) is 0 Å². The fraction of sp³-hybridized carbons (Fsp3) is 0.625. The number of carbonyl (C=O) groups excluding carboxylic acids is 1. The van der Waals surface area contributed by atoms with Gasteiger partial charge in [-0.1, -0.05) is 37.6 Å². The molecule has 0 aromatic heterocycles. The maximum absolute atomic E-state index is 10.8. The van der Waals surface area contributed by atoms with Gasteiger partial charge < -0.3 is 15.0 Å². The number of rotatable bonds is 4. The predicted octanol–water partition coefficient (Wildman–Crippen LogP) is 5.00. The molecule has 2 fully saturated rings. The highest BCUT2D eigenvalue weighted by molar-refractivity contribution is 6.30. The van der Waals surface area contributed by atoms with Crippen molar-refractivity contribution in [1.82, 2.24) is 10.2 Å². The number of fused-ring (bicyclic) bond motifs is 1. The first-order chi connectivity index (χ1) is 13.8. The number of terminal acetylenes is 1. The Labute approximate surface area is 183 Å². The van der Waals surface area contributed by atoms with Crippen LogP contribution in [0.3, 0.4) is 0 Å². The van der Waals surface area contributed by atoms with E-state index in [2.05, 4.69) is 24.2 Å². The van der Waals surface area contributed by atoms with Crippen LogP contribution < -0.4 is 5.32 Å². The van der Waals surface area contributed by atoms with E-state index in [1.54, 1.807) is 7.11 Å². The van der Waals surface area contributed by atoms with E-state index in [-0.39, 0.29) is 5.60 Å². The van der Waals surface area contributed by atoms with Crippen LogP contribution in [0.1, 0.15) is 53.0 Å². The molecule has 2 atom stereocenters.